The van der Waals surface area contributed by atoms with Gasteiger partial charge in [0, 0.05) is 43.9 Å². The highest BCUT2D eigenvalue weighted by Crippen LogP contribution is 2.32. The smallest absolute Gasteiger partial charge is 0.272 e. The molecule has 0 radical (unpaired) electrons. The van der Waals surface area contributed by atoms with Gasteiger partial charge in [-0.25, -0.2) is 0 Å². The van der Waals surface area contributed by atoms with Gasteiger partial charge < -0.3 is 10.6 Å². The molecule has 126 valence electrons. The number of aromatic nitrogens is 2. The van der Waals surface area contributed by atoms with Crippen LogP contribution >= 0.6 is 0 Å². The Hall–Kier alpha value is -1.36. The molecule has 5 heteroatoms. The van der Waals surface area contributed by atoms with Crippen LogP contribution in [0.4, 0.5) is 0 Å². The maximum Gasteiger partial charge on any atom is 0.272 e. The summed E-state index contributed by atoms with van der Waals surface area (Å²) in [7, 11) is 0. The number of amides is 1. The van der Waals surface area contributed by atoms with Crippen LogP contribution in [0.25, 0.3) is 0 Å². The SMILES string of the molecule is O=C(NCC1CCCCC1)c1nn(CC2CC2)c2c1CNCC2. The van der Waals surface area contributed by atoms with Gasteiger partial charge in [-0.15, -0.1) is 0 Å². The highest BCUT2D eigenvalue weighted by atomic mass is 16.1. The highest BCUT2D eigenvalue weighted by molar-refractivity contribution is 5.94. The molecule has 0 bridgehead atoms. The van der Waals surface area contributed by atoms with Crippen LogP contribution in [0.15, 0.2) is 0 Å². The van der Waals surface area contributed by atoms with Crippen molar-refractivity contribution in [2.24, 2.45) is 11.8 Å². The molecule has 0 saturated heterocycles. The molecule has 0 aromatic carbocycles. The number of nitrogens with one attached hydrogen (secondary N) is 2. The molecule has 4 rings (SSSR count). The molecule has 1 aliphatic heterocycles. The second-order valence-corrected chi connectivity index (χ2v) is 7.54. The third kappa shape index (κ3) is 3.44. The van der Waals surface area contributed by atoms with Crippen LogP contribution < -0.4 is 10.6 Å². The first-order valence-electron chi connectivity index (χ1n) is 9.38. The van der Waals surface area contributed by atoms with Crippen molar-refractivity contribution < 1.29 is 4.79 Å². The highest BCUT2D eigenvalue weighted by Gasteiger charge is 2.29. The van der Waals surface area contributed by atoms with E-state index < -0.39 is 0 Å². The van der Waals surface area contributed by atoms with Gasteiger partial charge in [-0.05, 0) is 37.5 Å². The fraction of sp³-hybridized carbons (Fsp3) is 0.778. The summed E-state index contributed by atoms with van der Waals surface area (Å²) in [4.78, 5) is 12.7. The normalized spacial score (nSPS) is 21.9. The lowest BCUT2D eigenvalue weighted by Gasteiger charge is -2.21. The minimum absolute atomic E-state index is 0.0325. The number of carbonyl (C=O) groups excluding carboxylic acids is 1. The van der Waals surface area contributed by atoms with Gasteiger partial charge in [0.2, 0.25) is 0 Å². The van der Waals surface area contributed by atoms with E-state index in [1.807, 2.05) is 0 Å². The van der Waals surface area contributed by atoms with Crippen LogP contribution in [0.3, 0.4) is 0 Å². The minimum atomic E-state index is 0.0325. The maximum atomic E-state index is 12.7. The lowest BCUT2D eigenvalue weighted by molar-refractivity contribution is 0.0936. The molecule has 1 aromatic rings. The van der Waals surface area contributed by atoms with E-state index in [1.54, 1.807) is 0 Å². The minimum Gasteiger partial charge on any atom is -0.350 e. The standard InChI is InChI=1S/C18H28N4O/c23-18(20-10-13-4-2-1-3-5-13)17-15-11-19-9-8-16(15)22(21-17)12-14-6-7-14/h13-14,19H,1-12H2,(H,20,23). The van der Waals surface area contributed by atoms with Gasteiger partial charge in [0.05, 0.1) is 0 Å². The van der Waals surface area contributed by atoms with Crippen molar-refractivity contribution in [1.82, 2.24) is 20.4 Å². The summed E-state index contributed by atoms with van der Waals surface area (Å²) < 4.78 is 2.13. The Morgan fingerprint density at radius 3 is 2.78 bits per heavy atom. The van der Waals surface area contributed by atoms with Crippen LogP contribution in [0, 0.1) is 11.8 Å². The van der Waals surface area contributed by atoms with Gasteiger partial charge in [-0.2, -0.15) is 5.10 Å². The second-order valence-electron chi connectivity index (χ2n) is 7.54. The first-order valence-corrected chi connectivity index (χ1v) is 9.38. The molecule has 0 unspecified atom stereocenters. The molecule has 1 aromatic heterocycles. The van der Waals surface area contributed by atoms with Gasteiger partial charge in [-0.1, -0.05) is 19.3 Å². The Balaban J connectivity index is 1.45. The van der Waals surface area contributed by atoms with E-state index in [1.165, 1.54) is 50.6 Å². The van der Waals surface area contributed by atoms with E-state index >= 15 is 0 Å². The average molecular weight is 316 g/mol. The molecule has 2 N–H and O–H groups in total. The van der Waals surface area contributed by atoms with Crippen LogP contribution in [0.2, 0.25) is 0 Å². The number of hydrogen-bond donors (Lipinski definition) is 2. The predicted octanol–water partition coefficient (Wildman–Crippen LogP) is 2.25. The zero-order valence-electron chi connectivity index (χ0n) is 13.9. The molecule has 2 fully saturated rings. The van der Waals surface area contributed by atoms with E-state index in [0.717, 1.165) is 44.1 Å². The predicted molar refractivity (Wildman–Crippen MR) is 89.3 cm³/mol. The van der Waals surface area contributed by atoms with Gasteiger partial charge in [-0.3, -0.25) is 9.48 Å². The Morgan fingerprint density at radius 2 is 2.00 bits per heavy atom. The fourth-order valence-electron chi connectivity index (χ4n) is 4.01. The number of fused-ring (bicyclic) bond motifs is 1. The zero-order chi connectivity index (χ0) is 15.6. The van der Waals surface area contributed by atoms with Crippen molar-refractivity contribution in [3.8, 4) is 0 Å². The second kappa shape index (κ2) is 6.63. The number of nitrogens with zero attached hydrogens (tertiary/aromatic N) is 2. The van der Waals surface area contributed by atoms with Crippen molar-refractivity contribution in [1.29, 1.82) is 0 Å². The number of hydrogen-bond acceptors (Lipinski definition) is 3. The molecule has 5 nitrogen and oxygen atoms in total. The van der Waals surface area contributed by atoms with Crippen molar-refractivity contribution >= 4 is 5.91 Å². The quantitative estimate of drug-likeness (QED) is 0.876. The summed E-state index contributed by atoms with van der Waals surface area (Å²) >= 11 is 0. The van der Waals surface area contributed by atoms with Gasteiger partial charge >= 0.3 is 0 Å². The fourth-order valence-corrected chi connectivity index (χ4v) is 4.01. The number of rotatable bonds is 5. The van der Waals surface area contributed by atoms with Crippen LogP contribution in [-0.2, 0) is 19.5 Å². The first kappa shape index (κ1) is 15.2. The summed E-state index contributed by atoms with van der Waals surface area (Å²) in [6.07, 6.45) is 10.1. The average Bonchev–Trinajstić information content (AvgIpc) is 3.34. The Labute approximate surface area is 138 Å². The topological polar surface area (TPSA) is 59.0 Å². The summed E-state index contributed by atoms with van der Waals surface area (Å²) in [5.41, 5.74) is 3.10. The van der Waals surface area contributed by atoms with E-state index in [-0.39, 0.29) is 5.91 Å². The molecular formula is C18H28N4O. The Kier molecular flexibility index (Phi) is 4.38. The molecule has 2 heterocycles. The van der Waals surface area contributed by atoms with Crippen molar-refractivity contribution in [2.45, 2.75) is 64.5 Å². The lowest BCUT2D eigenvalue weighted by Crippen LogP contribution is -2.32. The zero-order valence-corrected chi connectivity index (χ0v) is 13.9. The van der Waals surface area contributed by atoms with Gasteiger partial charge in [0.1, 0.15) is 0 Å². The Bertz CT molecular complexity index is 570. The first-order chi connectivity index (χ1) is 11.3. The molecule has 2 saturated carbocycles. The van der Waals surface area contributed by atoms with Gasteiger partial charge in [0.25, 0.3) is 5.91 Å². The van der Waals surface area contributed by atoms with E-state index in [0.29, 0.717) is 11.6 Å². The molecule has 3 aliphatic rings. The van der Waals surface area contributed by atoms with Crippen molar-refractivity contribution in [3.63, 3.8) is 0 Å². The third-order valence-corrected chi connectivity index (χ3v) is 5.63. The summed E-state index contributed by atoms with van der Waals surface area (Å²) in [6, 6.07) is 0. The Morgan fingerprint density at radius 1 is 1.17 bits per heavy atom. The molecule has 23 heavy (non-hydrogen) atoms. The van der Waals surface area contributed by atoms with Crippen LogP contribution in [0.1, 0.15) is 66.7 Å². The number of carbonyl (C=O) groups is 1. The van der Waals surface area contributed by atoms with Crippen molar-refractivity contribution in [3.05, 3.63) is 17.0 Å². The van der Waals surface area contributed by atoms with Crippen LogP contribution in [-0.4, -0.2) is 28.8 Å². The van der Waals surface area contributed by atoms with E-state index in [9.17, 15) is 4.79 Å². The van der Waals surface area contributed by atoms with E-state index in [4.69, 9.17) is 5.10 Å². The van der Waals surface area contributed by atoms with Gasteiger partial charge in [0.15, 0.2) is 5.69 Å². The summed E-state index contributed by atoms with van der Waals surface area (Å²) in [6.45, 7) is 3.59. The third-order valence-electron chi connectivity index (χ3n) is 5.63. The lowest BCUT2D eigenvalue weighted by atomic mass is 9.89. The molecule has 0 spiro atoms. The molecule has 0 atom stereocenters. The molecule has 1 amide bonds. The van der Waals surface area contributed by atoms with Crippen molar-refractivity contribution in [2.75, 3.05) is 13.1 Å². The van der Waals surface area contributed by atoms with E-state index in [2.05, 4.69) is 15.3 Å². The van der Waals surface area contributed by atoms with Crippen LogP contribution in [0.5, 0.6) is 0 Å². The summed E-state index contributed by atoms with van der Waals surface area (Å²) in [5.74, 6) is 1.48. The molecular weight excluding hydrogens is 288 g/mol. The largest absolute Gasteiger partial charge is 0.350 e. The monoisotopic (exact) mass is 316 g/mol. The maximum absolute atomic E-state index is 12.7. The summed E-state index contributed by atoms with van der Waals surface area (Å²) in [5, 5.41) is 11.2. The molecule has 2 aliphatic carbocycles.